The molecule has 0 saturated carbocycles. The first-order valence-corrected chi connectivity index (χ1v) is 8.51. The number of likely N-dealkylation sites (tertiary alicyclic amines) is 1. The lowest BCUT2D eigenvalue weighted by Gasteiger charge is -2.27. The van der Waals surface area contributed by atoms with Gasteiger partial charge in [-0.1, -0.05) is 30.3 Å². The van der Waals surface area contributed by atoms with Gasteiger partial charge in [-0.3, -0.25) is 4.79 Å². The third-order valence-corrected chi connectivity index (χ3v) is 4.39. The van der Waals surface area contributed by atoms with E-state index in [0.29, 0.717) is 13.0 Å². The van der Waals surface area contributed by atoms with Crippen LogP contribution < -0.4 is 5.32 Å². The minimum absolute atomic E-state index is 0.0393. The fourth-order valence-electron chi connectivity index (χ4n) is 2.99. The van der Waals surface area contributed by atoms with Crippen LogP contribution >= 0.6 is 0 Å². The smallest absolute Gasteiger partial charge is 0.407 e. The summed E-state index contributed by atoms with van der Waals surface area (Å²) < 4.78 is 5.29. The average Bonchev–Trinajstić information content (AvgIpc) is 2.87. The summed E-state index contributed by atoms with van der Waals surface area (Å²) in [5, 5.41) is 2.86. The average molecular weight is 332 g/mol. The Bertz CT molecular complexity index is 580. The molecule has 0 aliphatic carbocycles. The van der Waals surface area contributed by atoms with Crippen molar-refractivity contribution in [2.45, 2.75) is 58.7 Å². The number of hydrogen-bond donors (Lipinski definition) is 1. The van der Waals surface area contributed by atoms with Crippen molar-refractivity contribution in [1.29, 1.82) is 0 Å². The Balaban J connectivity index is 1.95. The molecule has 5 heteroatoms. The molecule has 1 aliphatic rings. The molecule has 0 radical (unpaired) electrons. The number of nitrogens with zero attached hydrogens (tertiary/aromatic N) is 1. The number of hydrogen-bond acceptors (Lipinski definition) is 3. The normalized spacial score (nSPS) is 20.6. The number of rotatable bonds is 4. The molecule has 1 aromatic rings. The van der Waals surface area contributed by atoms with Gasteiger partial charge in [0.15, 0.2) is 0 Å². The Morgan fingerprint density at radius 1 is 1.25 bits per heavy atom. The highest BCUT2D eigenvalue weighted by Gasteiger charge is 2.36. The summed E-state index contributed by atoms with van der Waals surface area (Å²) >= 11 is 0. The van der Waals surface area contributed by atoms with Gasteiger partial charge in [-0.15, -0.1) is 0 Å². The zero-order valence-corrected chi connectivity index (χ0v) is 15.2. The zero-order valence-electron chi connectivity index (χ0n) is 15.2. The second-order valence-electron chi connectivity index (χ2n) is 7.53. The maximum absolute atomic E-state index is 12.4. The second-order valence-corrected chi connectivity index (χ2v) is 7.53. The fourth-order valence-corrected chi connectivity index (χ4v) is 2.99. The van der Waals surface area contributed by atoms with Crippen molar-refractivity contribution in [3.63, 3.8) is 0 Å². The Kier molecular flexibility index (Phi) is 5.52. The molecule has 24 heavy (non-hydrogen) atoms. The standard InChI is InChI=1S/C19H28N2O3/c1-13(20-18(23)24-19(3,4)5)16-11-17(22)21(12-16)14(2)15-9-7-6-8-10-15/h6-10,13-14,16H,11-12H2,1-5H3,(H,20,23)/t13-,14-,16-/m0/s1. The molecule has 0 aromatic heterocycles. The number of ether oxygens (including phenoxy) is 1. The minimum atomic E-state index is -0.525. The molecule has 1 N–H and O–H groups in total. The highest BCUT2D eigenvalue weighted by atomic mass is 16.6. The van der Waals surface area contributed by atoms with Gasteiger partial charge in [0, 0.05) is 24.9 Å². The van der Waals surface area contributed by atoms with E-state index in [9.17, 15) is 9.59 Å². The van der Waals surface area contributed by atoms with E-state index in [2.05, 4.69) is 5.32 Å². The van der Waals surface area contributed by atoms with Crippen molar-refractivity contribution >= 4 is 12.0 Å². The van der Waals surface area contributed by atoms with Crippen LogP contribution in [0.25, 0.3) is 0 Å². The number of carbonyl (C=O) groups excluding carboxylic acids is 2. The van der Waals surface area contributed by atoms with E-state index in [-0.39, 0.29) is 23.9 Å². The van der Waals surface area contributed by atoms with E-state index in [1.807, 2.05) is 69.9 Å². The number of benzene rings is 1. The second kappa shape index (κ2) is 7.24. The van der Waals surface area contributed by atoms with E-state index in [1.54, 1.807) is 0 Å². The number of alkyl carbamates (subject to hydrolysis) is 1. The molecule has 132 valence electrons. The molecule has 1 aromatic carbocycles. The Morgan fingerprint density at radius 3 is 2.46 bits per heavy atom. The van der Waals surface area contributed by atoms with Crippen molar-refractivity contribution in [1.82, 2.24) is 10.2 Å². The van der Waals surface area contributed by atoms with Gasteiger partial charge < -0.3 is 15.0 Å². The van der Waals surface area contributed by atoms with Gasteiger partial charge in [-0.25, -0.2) is 4.79 Å². The molecule has 0 bridgehead atoms. The molecule has 0 unspecified atom stereocenters. The van der Waals surface area contributed by atoms with Crippen LogP contribution in [0.3, 0.4) is 0 Å². The molecule has 3 atom stereocenters. The van der Waals surface area contributed by atoms with Gasteiger partial charge in [0.2, 0.25) is 5.91 Å². The van der Waals surface area contributed by atoms with E-state index < -0.39 is 11.7 Å². The Hall–Kier alpha value is -2.04. The van der Waals surface area contributed by atoms with E-state index in [4.69, 9.17) is 4.74 Å². The number of carbonyl (C=O) groups is 2. The van der Waals surface area contributed by atoms with Gasteiger partial charge in [0.05, 0.1) is 6.04 Å². The molecule has 1 fully saturated rings. The Labute approximate surface area is 144 Å². The molecule has 2 rings (SSSR count). The highest BCUT2D eigenvalue weighted by molar-refractivity contribution is 5.79. The first-order valence-electron chi connectivity index (χ1n) is 8.51. The van der Waals surface area contributed by atoms with Crippen LogP contribution in [0.5, 0.6) is 0 Å². The molecule has 1 aliphatic heterocycles. The van der Waals surface area contributed by atoms with Gasteiger partial charge in [0.1, 0.15) is 5.60 Å². The van der Waals surface area contributed by atoms with Crippen LogP contribution in [0.4, 0.5) is 4.79 Å². The van der Waals surface area contributed by atoms with Crippen LogP contribution in [0.2, 0.25) is 0 Å². The highest BCUT2D eigenvalue weighted by Crippen LogP contribution is 2.30. The maximum Gasteiger partial charge on any atom is 0.407 e. The third-order valence-electron chi connectivity index (χ3n) is 4.39. The third kappa shape index (κ3) is 4.73. The quantitative estimate of drug-likeness (QED) is 0.918. The van der Waals surface area contributed by atoms with Crippen LogP contribution in [-0.4, -0.2) is 35.1 Å². The summed E-state index contributed by atoms with van der Waals surface area (Å²) in [4.78, 5) is 26.2. The molecule has 5 nitrogen and oxygen atoms in total. The lowest BCUT2D eigenvalue weighted by atomic mass is 10.0. The Morgan fingerprint density at radius 2 is 1.88 bits per heavy atom. The topological polar surface area (TPSA) is 58.6 Å². The lowest BCUT2D eigenvalue weighted by Crippen LogP contribution is -2.42. The maximum atomic E-state index is 12.4. The minimum Gasteiger partial charge on any atom is -0.444 e. The number of amides is 2. The fraction of sp³-hybridized carbons (Fsp3) is 0.579. The predicted molar refractivity (Wildman–Crippen MR) is 93.5 cm³/mol. The molecule has 2 amide bonds. The molecular formula is C19H28N2O3. The summed E-state index contributed by atoms with van der Waals surface area (Å²) in [6.45, 7) is 10.1. The van der Waals surface area contributed by atoms with Crippen molar-refractivity contribution in [2.75, 3.05) is 6.54 Å². The van der Waals surface area contributed by atoms with Crippen LogP contribution in [-0.2, 0) is 9.53 Å². The van der Waals surface area contributed by atoms with Crippen molar-refractivity contribution in [2.24, 2.45) is 5.92 Å². The van der Waals surface area contributed by atoms with Crippen LogP contribution in [0.15, 0.2) is 30.3 Å². The van der Waals surface area contributed by atoms with Crippen molar-refractivity contribution in [3.8, 4) is 0 Å². The summed E-state index contributed by atoms with van der Waals surface area (Å²) in [5.41, 5.74) is 0.600. The zero-order chi connectivity index (χ0) is 17.9. The summed E-state index contributed by atoms with van der Waals surface area (Å²) in [7, 11) is 0. The first kappa shape index (κ1) is 18.3. The van der Waals surface area contributed by atoms with E-state index >= 15 is 0 Å². The molecule has 1 heterocycles. The van der Waals surface area contributed by atoms with Crippen LogP contribution in [0, 0.1) is 5.92 Å². The van der Waals surface area contributed by atoms with E-state index in [1.165, 1.54) is 0 Å². The van der Waals surface area contributed by atoms with Gasteiger partial charge in [-0.2, -0.15) is 0 Å². The van der Waals surface area contributed by atoms with E-state index in [0.717, 1.165) is 5.56 Å². The summed E-state index contributed by atoms with van der Waals surface area (Å²) in [5.74, 6) is 0.227. The molecular weight excluding hydrogens is 304 g/mol. The first-order chi connectivity index (χ1) is 11.2. The predicted octanol–water partition coefficient (Wildman–Crippen LogP) is 3.51. The lowest BCUT2D eigenvalue weighted by molar-refractivity contribution is -0.129. The van der Waals surface area contributed by atoms with Gasteiger partial charge >= 0.3 is 6.09 Å². The molecule has 1 saturated heterocycles. The van der Waals surface area contributed by atoms with Crippen molar-refractivity contribution < 1.29 is 14.3 Å². The largest absolute Gasteiger partial charge is 0.444 e. The molecule has 0 spiro atoms. The monoisotopic (exact) mass is 332 g/mol. The summed E-state index contributed by atoms with van der Waals surface area (Å²) in [6, 6.07) is 9.93. The number of nitrogens with one attached hydrogen (secondary N) is 1. The van der Waals surface area contributed by atoms with Gasteiger partial charge in [-0.05, 0) is 40.2 Å². The SMILES string of the molecule is C[C@H](NC(=O)OC(C)(C)C)[C@H]1CC(=O)N([C@@H](C)c2ccccc2)C1. The van der Waals surface area contributed by atoms with Crippen molar-refractivity contribution in [3.05, 3.63) is 35.9 Å². The van der Waals surface area contributed by atoms with Crippen LogP contribution in [0.1, 0.15) is 52.6 Å². The van der Waals surface area contributed by atoms with Gasteiger partial charge in [0.25, 0.3) is 0 Å². The summed E-state index contributed by atoms with van der Waals surface area (Å²) in [6.07, 6.45) is 0.0192.